The molecule has 14 nitrogen and oxygen atoms in total. The number of hydrogen-bond acceptors (Lipinski definition) is 13. The molecule has 0 aliphatic carbocycles. The molecule has 414 valence electrons. The van der Waals surface area contributed by atoms with Crippen LogP contribution in [0.25, 0.3) is 10.8 Å². The molecular weight excluding hydrogens is 993 g/mol. The highest BCUT2D eigenvalue weighted by Gasteiger charge is 2.50. The van der Waals surface area contributed by atoms with Crippen molar-refractivity contribution >= 4 is 102 Å². The van der Waals surface area contributed by atoms with E-state index in [1.807, 2.05) is 0 Å². The minimum Gasteiger partial charge on any atom is -0.507 e. The Labute approximate surface area is 457 Å². The molecule has 0 unspecified atom stereocenters. The van der Waals surface area contributed by atoms with Crippen molar-refractivity contribution in [3.63, 3.8) is 0 Å². The minimum atomic E-state index is -2.00. The van der Waals surface area contributed by atoms with Crippen LogP contribution in [-0.2, 0) is 30.2 Å². The van der Waals surface area contributed by atoms with Crippen LogP contribution in [0.3, 0.4) is 0 Å². The number of carbonyl (C=O) groups is 3. The number of anilines is 1. The predicted octanol–water partition coefficient (Wildman–Crippen LogP) is 10.8. The number of allylic oxidation sites excluding steroid dienone is 2. The zero-order valence-electron chi connectivity index (χ0n) is 37.5. The molecule has 6 rings (SSSR count). The normalized spacial score (nSPS) is 26.7. The quantitative estimate of drug-likeness (QED) is 0.0938. The van der Waals surface area contributed by atoms with Crippen LogP contribution < -0.4 is 10.1 Å². The number of aliphatic hydroxyl groups is 2. The van der Waals surface area contributed by atoms with Crippen LogP contribution >= 0.6 is 67.5 Å². The summed E-state index contributed by atoms with van der Waals surface area (Å²) in [5.41, 5.74) is 0.278. The highest BCUT2D eigenvalue weighted by Crippen LogP contribution is 2.55. The fourth-order valence-corrected chi connectivity index (χ4v) is 8.48. The lowest BCUT2D eigenvalue weighted by atomic mass is 9.78. The van der Waals surface area contributed by atoms with E-state index in [1.165, 1.54) is 46.3 Å². The van der Waals surface area contributed by atoms with Crippen molar-refractivity contribution in [3.05, 3.63) is 52.8 Å². The maximum absolute atomic E-state index is 14.4. The number of methoxy groups -OCH3 is 1. The van der Waals surface area contributed by atoms with Gasteiger partial charge < -0.3 is 54.7 Å². The summed E-state index contributed by atoms with van der Waals surface area (Å²) in [6.07, 6.45) is 7.10. The number of carbonyl (C=O) groups excluding carboxylic acids is 3. The van der Waals surface area contributed by atoms with Crippen molar-refractivity contribution in [2.24, 2.45) is 23.7 Å². The van der Waals surface area contributed by atoms with Gasteiger partial charge in [0.05, 0.1) is 41.2 Å². The Morgan fingerprint density at radius 3 is 1.89 bits per heavy atom. The third-order valence-corrected chi connectivity index (χ3v) is 12.2. The van der Waals surface area contributed by atoms with Gasteiger partial charge in [-0.15, -0.1) is 0 Å². The zero-order valence-corrected chi connectivity index (χ0v) is 42.5. The minimum absolute atomic E-state index is 0. The van der Waals surface area contributed by atoms with Gasteiger partial charge >= 0.3 is 11.8 Å². The molecule has 5 bridgehead atoms. The van der Waals surface area contributed by atoms with Crippen molar-refractivity contribution in [1.29, 1.82) is 0 Å². The van der Waals surface area contributed by atoms with Gasteiger partial charge in [-0.1, -0.05) is 104 Å². The van der Waals surface area contributed by atoms with Crippen LogP contribution in [0.15, 0.2) is 36.1 Å². The van der Waals surface area contributed by atoms with Crippen LogP contribution in [-0.4, -0.2) is 105 Å². The molecule has 70 heavy (non-hydrogen) atoms. The van der Waals surface area contributed by atoms with E-state index < -0.39 is 88.8 Å². The summed E-state index contributed by atoms with van der Waals surface area (Å²) in [4.78, 5) is 42.7. The standard InChI is InChI=1S/C44H60N2O12.7CH4.5H2S/c1-22-14-13-15-23(2)43(54)45-34-29(16-20-46-18-11-10-12-19-46)38(51)31-32(39(34)52)37(50)27(6)41-33(31)42(53)44(8,58-41)56-21-17-30(55-9)24(3)40(57-28(7)47)26(5)36(49)25(4)35(22)48;;;;;;;;;;;;/h13-15,17,21-22,24-26,30,35-36,40,48-52H,10-12,16,18-20H2,1-9H3,(H,45,54);7*1H4;5*1H2/b14-13+,21-17+,23-15-;;;;;;;;;;;;/t22-,24+,25+,26+,30-,35-,36+,40+,44-;;;;;;;;;;;;/m0............/s1. The topological polar surface area (TPSA) is 205 Å². The molecule has 4 aliphatic heterocycles. The highest BCUT2D eigenvalue weighted by molar-refractivity contribution is 7.60. The summed E-state index contributed by atoms with van der Waals surface area (Å²) in [6, 6.07) is 0. The molecule has 0 saturated carbocycles. The highest BCUT2D eigenvalue weighted by atomic mass is 32.1. The molecule has 1 fully saturated rings. The summed E-state index contributed by atoms with van der Waals surface area (Å²) >= 11 is 0. The third-order valence-electron chi connectivity index (χ3n) is 12.2. The summed E-state index contributed by atoms with van der Waals surface area (Å²) in [6.45, 7) is 14.9. The number of Topliss-reactive ketones (excluding diaryl/α,β-unsaturated/α-hetero) is 1. The van der Waals surface area contributed by atoms with E-state index in [0.717, 1.165) is 32.4 Å². The molecule has 0 radical (unpaired) electrons. The average Bonchev–Trinajstić information content (AvgIpc) is 3.46. The molecule has 9 atom stereocenters. The number of phenolic OH excluding ortho intramolecular Hbond substituents is 3. The number of piperidine rings is 1. The predicted molar refractivity (Wildman–Crippen MR) is 317 cm³/mol. The van der Waals surface area contributed by atoms with Gasteiger partial charge in [0.1, 0.15) is 23.4 Å². The molecule has 2 aromatic carbocycles. The number of likely N-dealkylation sites (tertiary alicyclic amines) is 1. The van der Waals surface area contributed by atoms with Crippen LogP contribution in [0, 0.1) is 30.6 Å². The number of aliphatic hydroxyl groups excluding tert-OH is 2. The van der Waals surface area contributed by atoms with Gasteiger partial charge in [-0.25, -0.2) is 0 Å². The molecular formula is C51H98N2O12S5. The number of rotatable bonds is 5. The molecule has 0 aromatic heterocycles. The first-order valence-electron chi connectivity index (χ1n) is 20.1. The fraction of sp³-hybridized carbons (Fsp3) is 0.627. The molecule has 19 heteroatoms. The van der Waals surface area contributed by atoms with Crippen molar-refractivity contribution in [2.45, 2.75) is 163 Å². The number of amides is 1. The summed E-state index contributed by atoms with van der Waals surface area (Å²) in [5, 5.41) is 60.9. The van der Waals surface area contributed by atoms with E-state index in [-0.39, 0.29) is 170 Å². The lowest BCUT2D eigenvalue weighted by Gasteiger charge is -2.38. The number of phenols is 3. The van der Waals surface area contributed by atoms with Crippen LogP contribution in [0.1, 0.15) is 141 Å². The first kappa shape index (κ1) is 84.0. The third kappa shape index (κ3) is 17.4. The number of benzene rings is 2. The lowest BCUT2D eigenvalue weighted by molar-refractivity contribution is -0.160. The molecule has 1 amide bonds. The Balaban J connectivity index is -0.000000534. The largest absolute Gasteiger partial charge is 0.507 e. The maximum atomic E-state index is 14.4. The molecule has 4 aliphatic rings. The van der Waals surface area contributed by atoms with Gasteiger partial charge in [0.25, 0.3) is 11.7 Å². The van der Waals surface area contributed by atoms with E-state index >= 15 is 0 Å². The maximum Gasteiger partial charge on any atom is 0.312 e. The van der Waals surface area contributed by atoms with E-state index in [4.69, 9.17) is 18.9 Å². The molecule has 4 heterocycles. The van der Waals surface area contributed by atoms with Gasteiger partial charge in [0.2, 0.25) is 0 Å². The fourth-order valence-electron chi connectivity index (χ4n) is 8.48. The number of nitrogens with one attached hydrogen (secondary N) is 1. The second-order valence-corrected chi connectivity index (χ2v) is 16.3. The van der Waals surface area contributed by atoms with Crippen LogP contribution in [0.4, 0.5) is 5.69 Å². The molecule has 6 N–H and O–H groups in total. The molecule has 0 spiro atoms. The number of aromatic hydroxyl groups is 3. The Bertz CT molecular complexity index is 2010. The first-order valence-corrected chi connectivity index (χ1v) is 20.1. The summed E-state index contributed by atoms with van der Waals surface area (Å²) in [7, 11) is 1.45. The van der Waals surface area contributed by atoms with E-state index in [1.54, 1.807) is 46.8 Å². The van der Waals surface area contributed by atoms with Crippen molar-refractivity contribution in [3.8, 4) is 23.0 Å². The number of esters is 1. The van der Waals surface area contributed by atoms with Crippen LogP contribution in [0.5, 0.6) is 23.0 Å². The van der Waals surface area contributed by atoms with E-state index in [0.29, 0.717) is 6.54 Å². The Morgan fingerprint density at radius 1 is 0.800 bits per heavy atom. The number of fused-ring (bicyclic) bond motifs is 14. The van der Waals surface area contributed by atoms with Gasteiger partial charge in [0, 0.05) is 73.3 Å². The summed E-state index contributed by atoms with van der Waals surface area (Å²) < 4.78 is 23.7. The van der Waals surface area contributed by atoms with Crippen molar-refractivity contribution in [2.75, 3.05) is 32.1 Å². The second kappa shape index (κ2) is 35.3. The monoisotopic (exact) mass is 1090 g/mol. The molecule has 1 saturated heterocycles. The Kier molecular flexibility index (Phi) is 42.3. The Hall–Kier alpha value is -2.88. The second-order valence-electron chi connectivity index (χ2n) is 16.3. The number of ketones is 1. The summed E-state index contributed by atoms with van der Waals surface area (Å²) in [5.74, 6) is -7.74. The van der Waals surface area contributed by atoms with Gasteiger partial charge in [-0.05, 0) is 52.3 Å². The average molecular weight is 1090 g/mol. The van der Waals surface area contributed by atoms with Gasteiger partial charge in [0.15, 0.2) is 5.75 Å². The smallest absolute Gasteiger partial charge is 0.312 e. The van der Waals surface area contributed by atoms with E-state index in [9.17, 15) is 39.9 Å². The zero-order chi connectivity index (χ0) is 42.8. The Morgan fingerprint density at radius 2 is 1.36 bits per heavy atom. The van der Waals surface area contributed by atoms with E-state index in [2.05, 4.69) is 10.2 Å². The first-order chi connectivity index (χ1) is 27.3. The number of ether oxygens (including phenoxy) is 4. The number of hydrogen-bond donors (Lipinski definition) is 6. The lowest BCUT2D eigenvalue weighted by Crippen LogP contribution is -2.46. The molecule has 2 aromatic rings. The van der Waals surface area contributed by atoms with Crippen molar-refractivity contribution < 1.29 is 58.9 Å². The van der Waals surface area contributed by atoms with Gasteiger partial charge in [-0.3, -0.25) is 14.4 Å². The van der Waals surface area contributed by atoms with Crippen LogP contribution in [0.2, 0.25) is 0 Å². The number of nitrogens with zero attached hydrogens (tertiary/aromatic N) is 1. The van der Waals surface area contributed by atoms with Crippen molar-refractivity contribution in [1.82, 2.24) is 4.90 Å². The van der Waals surface area contributed by atoms with Gasteiger partial charge in [-0.2, -0.15) is 67.5 Å². The SMILES string of the molecule is C.C.C.C.C.C.C.CO[C@H]1/C=C/O[C@@]2(C)Oc3c(C)c(O)c4c(O)c(c(CCN5CCCCC5)c(O)c4c3C2=O)NC(=O)/C(C)=C\C=C\[C@H](C)[C@H](O)[C@@H](C)[C@@H](O)[C@@H](C)[C@H](OC(C)=O)[C@@H]1C.S.S.S.S.S.